The van der Waals surface area contributed by atoms with Gasteiger partial charge in [-0.15, -0.1) is 0 Å². The minimum atomic E-state index is -0.0883. The quantitative estimate of drug-likeness (QED) is 0.616. The molecule has 3 aromatic heterocycles. The largest absolute Gasteiger partial charge is 0.390 e. The lowest BCUT2D eigenvalue weighted by Gasteiger charge is -2.11. The zero-order chi connectivity index (χ0) is 18.7. The van der Waals surface area contributed by atoms with Gasteiger partial charge in [0.15, 0.2) is 5.65 Å². The number of hydrogen-bond acceptors (Lipinski definition) is 7. The summed E-state index contributed by atoms with van der Waals surface area (Å²) < 4.78 is 1.53. The Morgan fingerprint density at radius 2 is 2.08 bits per heavy atom. The molecule has 26 heavy (non-hydrogen) atoms. The summed E-state index contributed by atoms with van der Waals surface area (Å²) in [5, 5.41) is 26.2. The molecule has 0 aliphatic carbocycles. The standard InChI is InChI=1S/C18H21N7O/c1-3-14-11(2)24-25-16(20)15(9-19)17(23-18(14)25)21-8-7-12-5-4-6-13(10-26)22-12/h4-6,26H,3,7-8,10,20H2,1-2H3,(H,21,23). The first-order valence-electron chi connectivity index (χ1n) is 8.46. The first-order valence-corrected chi connectivity index (χ1v) is 8.46. The highest BCUT2D eigenvalue weighted by Gasteiger charge is 2.18. The molecule has 0 aliphatic rings. The maximum absolute atomic E-state index is 9.49. The number of aliphatic hydroxyl groups excluding tert-OH is 1. The van der Waals surface area contributed by atoms with Crippen LogP contribution in [0.2, 0.25) is 0 Å². The van der Waals surface area contributed by atoms with Crippen LogP contribution < -0.4 is 11.1 Å². The third-order valence-corrected chi connectivity index (χ3v) is 4.26. The molecule has 0 unspecified atom stereocenters. The van der Waals surface area contributed by atoms with Crippen LogP contribution in [0, 0.1) is 18.3 Å². The SMILES string of the molecule is CCc1c(C)nn2c(N)c(C#N)c(NCCc3cccc(CO)n3)nc12. The number of aliphatic hydroxyl groups is 1. The number of nitrogens with zero attached hydrogens (tertiary/aromatic N) is 5. The van der Waals surface area contributed by atoms with E-state index in [9.17, 15) is 5.26 Å². The van der Waals surface area contributed by atoms with Gasteiger partial charge >= 0.3 is 0 Å². The topological polar surface area (TPSA) is 125 Å². The van der Waals surface area contributed by atoms with Gasteiger partial charge in [0, 0.05) is 24.2 Å². The highest BCUT2D eigenvalue weighted by Crippen LogP contribution is 2.24. The van der Waals surface area contributed by atoms with Crippen LogP contribution in [0.4, 0.5) is 11.6 Å². The summed E-state index contributed by atoms with van der Waals surface area (Å²) in [7, 11) is 0. The summed E-state index contributed by atoms with van der Waals surface area (Å²) in [6.45, 7) is 4.39. The summed E-state index contributed by atoms with van der Waals surface area (Å²) >= 11 is 0. The van der Waals surface area contributed by atoms with Crippen molar-refractivity contribution in [1.82, 2.24) is 19.6 Å². The number of hydrogen-bond donors (Lipinski definition) is 3. The Kier molecular flexibility index (Phi) is 5.00. The van der Waals surface area contributed by atoms with E-state index in [1.165, 1.54) is 4.52 Å². The van der Waals surface area contributed by atoms with Crippen molar-refractivity contribution < 1.29 is 5.11 Å². The zero-order valence-electron chi connectivity index (χ0n) is 14.8. The summed E-state index contributed by atoms with van der Waals surface area (Å²) in [6.07, 6.45) is 1.41. The van der Waals surface area contributed by atoms with Gasteiger partial charge < -0.3 is 16.2 Å². The molecule has 0 fully saturated rings. The lowest BCUT2D eigenvalue weighted by molar-refractivity contribution is 0.276. The van der Waals surface area contributed by atoms with E-state index in [4.69, 9.17) is 10.8 Å². The second kappa shape index (κ2) is 7.37. The average molecular weight is 351 g/mol. The number of pyridine rings is 1. The molecular formula is C18H21N7O. The second-order valence-electron chi connectivity index (χ2n) is 5.94. The molecule has 0 aliphatic heterocycles. The van der Waals surface area contributed by atoms with Crippen molar-refractivity contribution in [2.45, 2.75) is 33.3 Å². The van der Waals surface area contributed by atoms with E-state index < -0.39 is 0 Å². The average Bonchev–Trinajstić information content (AvgIpc) is 2.97. The Hall–Kier alpha value is -3.18. The van der Waals surface area contributed by atoms with Crippen LogP contribution in [0.1, 0.15) is 35.1 Å². The molecule has 0 atom stereocenters. The third-order valence-electron chi connectivity index (χ3n) is 4.26. The fraction of sp³-hybridized carbons (Fsp3) is 0.333. The highest BCUT2D eigenvalue weighted by atomic mass is 16.3. The van der Waals surface area contributed by atoms with E-state index >= 15 is 0 Å². The molecule has 8 nitrogen and oxygen atoms in total. The molecule has 3 aromatic rings. The van der Waals surface area contributed by atoms with Gasteiger partial charge in [0.25, 0.3) is 0 Å². The lowest BCUT2D eigenvalue weighted by Crippen LogP contribution is -2.13. The van der Waals surface area contributed by atoms with Crippen LogP contribution >= 0.6 is 0 Å². The normalized spacial score (nSPS) is 10.8. The van der Waals surface area contributed by atoms with E-state index in [1.807, 2.05) is 26.0 Å². The molecule has 3 heterocycles. The molecule has 0 radical (unpaired) electrons. The molecule has 0 amide bonds. The lowest BCUT2D eigenvalue weighted by atomic mass is 10.2. The molecule has 4 N–H and O–H groups in total. The smallest absolute Gasteiger partial charge is 0.163 e. The van der Waals surface area contributed by atoms with E-state index in [0.29, 0.717) is 30.1 Å². The molecule has 3 rings (SSSR count). The zero-order valence-corrected chi connectivity index (χ0v) is 14.8. The van der Waals surface area contributed by atoms with Crippen molar-refractivity contribution in [3.8, 4) is 6.07 Å². The first kappa shape index (κ1) is 17.6. The number of rotatable bonds is 6. The molecule has 0 saturated heterocycles. The molecular weight excluding hydrogens is 330 g/mol. The highest BCUT2D eigenvalue weighted by molar-refractivity contribution is 5.69. The predicted molar refractivity (Wildman–Crippen MR) is 98.6 cm³/mol. The van der Waals surface area contributed by atoms with Gasteiger partial charge in [-0.25, -0.2) is 4.98 Å². The van der Waals surface area contributed by atoms with Gasteiger partial charge in [0.1, 0.15) is 23.3 Å². The van der Waals surface area contributed by atoms with Crippen LogP contribution in [-0.4, -0.2) is 31.2 Å². The van der Waals surface area contributed by atoms with Gasteiger partial charge in [0.2, 0.25) is 0 Å². The Bertz CT molecular complexity index is 987. The number of anilines is 2. The Morgan fingerprint density at radius 1 is 1.31 bits per heavy atom. The van der Waals surface area contributed by atoms with Crippen molar-refractivity contribution in [2.24, 2.45) is 0 Å². The summed E-state index contributed by atoms with van der Waals surface area (Å²) in [4.78, 5) is 8.94. The van der Waals surface area contributed by atoms with Gasteiger partial charge in [0.05, 0.1) is 18.0 Å². The number of nitrogens with two attached hydrogens (primary N) is 1. The van der Waals surface area contributed by atoms with E-state index in [-0.39, 0.29) is 18.0 Å². The van der Waals surface area contributed by atoms with Crippen LogP contribution in [0.5, 0.6) is 0 Å². The van der Waals surface area contributed by atoms with Crippen LogP contribution in [0.25, 0.3) is 5.65 Å². The molecule has 0 bridgehead atoms. The number of nitrogen functional groups attached to an aromatic ring is 1. The monoisotopic (exact) mass is 351 g/mol. The number of aromatic nitrogens is 4. The van der Waals surface area contributed by atoms with E-state index in [0.717, 1.165) is 23.4 Å². The fourth-order valence-corrected chi connectivity index (χ4v) is 2.94. The maximum Gasteiger partial charge on any atom is 0.163 e. The summed E-state index contributed by atoms with van der Waals surface area (Å²) in [5.74, 6) is 0.730. The Balaban J connectivity index is 1.88. The summed E-state index contributed by atoms with van der Waals surface area (Å²) in [6, 6.07) is 7.64. The minimum absolute atomic E-state index is 0.0883. The number of nitrogens with one attached hydrogen (secondary N) is 1. The van der Waals surface area contributed by atoms with Crippen molar-refractivity contribution in [2.75, 3.05) is 17.6 Å². The summed E-state index contributed by atoms with van der Waals surface area (Å²) in [5.41, 5.74) is 10.5. The minimum Gasteiger partial charge on any atom is -0.390 e. The van der Waals surface area contributed by atoms with Gasteiger partial charge in [-0.05, 0) is 25.5 Å². The van der Waals surface area contributed by atoms with Crippen LogP contribution in [0.15, 0.2) is 18.2 Å². The van der Waals surface area contributed by atoms with Gasteiger partial charge in [-0.3, -0.25) is 4.98 Å². The number of nitriles is 1. The molecule has 134 valence electrons. The fourth-order valence-electron chi connectivity index (χ4n) is 2.94. The van der Waals surface area contributed by atoms with Crippen LogP contribution in [0.3, 0.4) is 0 Å². The Labute approximate surface area is 151 Å². The van der Waals surface area contributed by atoms with Crippen molar-refractivity contribution >= 4 is 17.3 Å². The number of aryl methyl sites for hydroxylation is 2. The van der Waals surface area contributed by atoms with Crippen molar-refractivity contribution in [3.05, 3.63) is 46.4 Å². The third kappa shape index (κ3) is 3.17. The first-order chi connectivity index (χ1) is 12.6. The second-order valence-corrected chi connectivity index (χ2v) is 5.94. The molecule has 0 spiro atoms. The van der Waals surface area contributed by atoms with E-state index in [2.05, 4.69) is 26.5 Å². The van der Waals surface area contributed by atoms with Crippen LogP contribution in [-0.2, 0) is 19.4 Å². The van der Waals surface area contributed by atoms with Crippen molar-refractivity contribution in [3.63, 3.8) is 0 Å². The predicted octanol–water partition coefficient (Wildman–Crippen LogP) is 1.60. The molecule has 0 aromatic carbocycles. The Morgan fingerprint density at radius 3 is 2.77 bits per heavy atom. The van der Waals surface area contributed by atoms with Gasteiger partial charge in [-0.2, -0.15) is 14.9 Å². The molecule has 8 heteroatoms. The van der Waals surface area contributed by atoms with Gasteiger partial charge in [-0.1, -0.05) is 13.0 Å². The molecule has 0 saturated carbocycles. The van der Waals surface area contributed by atoms with Crippen molar-refractivity contribution in [1.29, 1.82) is 5.26 Å². The number of fused-ring (bicyclic) bond motifs is 1. The maximum atomic E-state index is 9.49. The van der Waals surface area contributed by atoms with E-state index in [1.54, 1.807) is 6.07 Å².